The minimum absolute atomic E-state index is 0.0143. The van der Waals surface area contributed by atoms with Gasteiger partial charge < -0.3 is 10.2 Å². The lowest BCUT2D eigenvalue weighted by molar-refractivity contribution is -0.120. The summed E-state index contributed by atoms with van der Waals surface area (Å²) in [7, 11) is 1.88. The number of anilines is 2. The van der Waals surface area contributed by atoms with Crippen molar-refractivity contribution in [3.8, 4) is 0 Å². The van der Waals surface area contributed by atoms with Gasteiger partial charge in [-0.3, -0.25) is 14.4 Å². The summed E-state index contributed by atoms with van der Waals surface area (Å²) < 4.78 is 1.76. The van der Waals surface area contributed by atoms with E-state index in [9.17, 15) is 4.79 Å². The first-order chi connectivity index (χ1) is 15.1. The molecule has 1 fully saturated rings. The average molecular weight is 416 g/mol. The van der Waals surface area contributed by atoms with Crippen LogP contribution < -0.4 is 10.2 Å². The third-order valence-corrected chi connectivity index (χ3v) is 6.07. The van der Waals surface area contributed by atoms with Crippen LogP contribution in [0.3, 0.4) is 0 Å². The number of fused-ring (bicyclic) bond motifs is 2. The summed E-state index contributed by atoms with van der Waals surface area (Å²) in [6, 6.07) is 14.0. The minimum Gasteiger partial charge on any atom is -0.353 e. The Labute approximate surface area is 180 Å². The lowest BCUT2D eigenvalue weighted by atomic mass is 10.1. The van der Waals surface area contributed by atoms with Crippen LogP contribution in [0.5, 0.6) is 0 Å². The highest BCUT2D eigenvalue weighted by atomic mass is 16.2. The van der Waals surface area contributed by atoms with Crippen molar-refractivity contribution in [2.24, 2.45) is 7.05 Å². The monoisotopic (exact) mass is 415 g/mol. The standard InChI is InChI=1S/C23H25N7O/c1-16(23(31)27-19-8-7-17-5-3-4-6-18(17)13-19)29-9-11-30(12-10-29)22-20-14-26-28(2)21(20)24-15-25-22/h3-8,13-16H,9-12H2,1-2H3,(H,27,31). The van der Waals surface area contributed by atoms with Crippen LogP contribution in [0.25, 0.3) is 21.8 Å². The van der Waals surface area contributed by atoms with Crippen LogP contribution in [0.15, 0.2) is 55.0 Å². The van der Waals surface area contributed by atoms with Gasteiger partial charge in [-0.25, -0.2) is 9.97 Å². The molecule has 0 aliphatic carbocycles. The van der Waals surface area contributed by atoms with Crippen LogP contribution in [-0.2, 0) is 11.8 Å². The van der Waals surface area contributed by atoms with Crippen LogP contribution in [0.2, 0.25) is 0 Å². The molecule has 1 N–H and O–H groups in total. The van der Waals surface area contributed by atoms with E-state index >= 15 is 0 Å². The minimum atomic E-state index is -0.211. The molecule has 3 heterocycles. The van der Waals surface area contributed by atoms with Gasteiger partial charge in [0.25, 0.3) is 0 Å². The van der Waals surface area contributed by atoms with E-state index in [1.54, 1.807) is 11.0 Å². The molecule has 158 valence electrons. The van der Waals surface area contributed by atoms with Crippen molar-refractivity contribution in [2.45, 2.75) is 13.0 Å². The van der Waals surface area contributed by atoms with Crippen LogP contribution in [0.1, 0.15) is 6.92 Å². The number of nitrogens with one attached hydrogen (secondary N) is 1. The van der Waals surface area contributed by atoms with Crippen molar-refractivity contribution in [2.75, 3.05) is 36.4 Å². The van der Waals surface area contributed by atoms with Crippen LogP contribution in [0.4, 0.5) is 11.5 Å². The molecule has 1 aliphatic heterocycles. The van der Waals surface area contributed by atoms with Gasteiger partial charge in [-0.15, -0.1) is 0 Å². The zero-order chi connectivity index (χ0) is 21.4. The number of hydrogen-bond donors (Lipinski definition) is 1. The number of rotatable bonds is 4. The van der Waals surface area contributed by atoms with Crippen molar-refractivity contribution in [3.05, 3.63) is 55.0 Å². The second kappa shape index (κ2) is 7.96. The second-order valence-electron chi connectivity index (χ2n) is 7.95. The first kappa shape index (κ1) is 19.4. The zero-order valence-corrected chi connectivity index (χ0v) is 17.7. The molecule has 31 heavy (non-hydrogen) atoms. The van der Waals surface area contributed by atoms with E-state index in [0.29, 0.717) is 0 Å². The quantitative estimate of drug-likeness (QED) is 0.552. The number of piperazine rings is 1. The first-order valence-corrected chi connectivity index (χ1v) is 10.5. The molecule has 1 unspecified atom stereocenters. The smallest absolute Gasteiger partial charge is 0.241 e. The Kier molecular flexibility index (Phi) is 4.99. The van der Waals surface area contributed by atoms with Crippen LogP contribution in [-0.4, -0.2) is 62.8 Å². The van der Waals surface area contributed by atoms with E-state index in [4.69, 9.17) is 0 Å². The third-order valence-electron chi connectivity index (χ3n) is 6.07. The molecule has 1 amide bonds. The van der Waals surface area contributed by atoms with Gasteiger partial charge in [0.15, 0.2) is 5.65 Å². The summed E-state index contributed by atoms with van der Waals surface area (Å²) in [4.78, 5) is 26.2. The summed E-state index contributed by atoms with van der Waals surface area (Å²) in [6.07, 6.45) is 3.40. The van der Waals surface area contributed by atoms with Crippen molar-refractivity contribution >= 4 is 39.2 Å². The summed E-state index contributed by atoms with van der Waals surface area (Å²) in [5.41, 5.74) is 1.66. The van der Waals surface area contributed by atoms with Crippen LogP contribution >= 0.6 is 0 Å². The van der Waals surface area contributed by atoms with E-state index in [-0.39, 0.29) is 11.9 Å². The molecule has 5 rings (SSSR count). The Balaban J connectivity index is 1.23. The topological polar surface area (TPSA) is 79.2 Å². The van der Waals surface area contributed by atoms with E-state index in [2.05, 4.69) is 42.3 Å². The van der Waals surface area contributed by atoms with Crippen LogP contribution in [0, 0.1) is 0 Å². The number of amides is 1. The van der Waals surface area contributed by atoms with Crippen molar-refractivity contribution in [1.29, 1.82) is 0 Å². The van der Waals surface area contributed by atoms with Crippen molar-refractivity contribution < 1.29 is 4.79 Å². The normalized spacial score (nSPS) is 16.0. The van der Waals surface area contributed by atoms with Gasteiger partial charge in [0, 0.05) is 38.9 Å². The van der Waals surface area contributed by atoms with Gasteiger partial charge in [0.05, 0.1) is 17.6 Å². The molecule has 0 radical (unpaired) electrons. The molecule has 0 saturated carbocycles. The summed E-state index contributed by atoms with van der Waals surface area (Å²) in [6.45, 7) is 5.15. The van der Waals surface area contributed by atoms with Gasteiger partial charge in [0.1, 0.15) is 12.1 Å². The lowest BCUT2D eigenvalue weighted by Gasteiger charge is -2.38. The average Bonchev–Trinajstić information content (AvgIpc) is 3.19. The van der Waals surface area contributed by atoms with Crippen molar-refractivity contribution in [3.63, 3.8) is 0 Å². The molecule has 0 bridgehead atoms. The number of aromatic nitrogens is 4. The fourth-order valence-electron chi connectivity index (χ4n) is 4.20. The highest BCUT2D eigenvalue weighted by molar-refractivity contribution is 5.97. The maximum Gasteiger partial charge on any atom is 0.241 e. The molecule has 1 atom stereocenters. The van der Waals surface area contributed by atoms with E-state index in [0.717, 1.165) is 59.5 Å². The maximum absolute atomic E-state index is 12.9. The second-order valence-corrected chi connectivity index (χ2v) is 7.95. The molecule has 1 aliphatic rings. The Morgan fingerprint density at radius 2 is 1.81 bits per heavy atom. The Hall–Kier alpha value is -3.52. The first-order valence-electron chi connectivity index (χ1n) is 10.5. The van der Waals surface area contributed by atoms with Gasteiger partial charge >= 0.3 is 0 Å². The Bertz CT molecular complexity index is 1240. The lowest BCUT2D eigenvalue weighted by Crippen LogP contribution is -2.53. The molecule has 2 aromatic heterocycles. The number of aryl methyl sites for hydroxylation is 1. The molecule has 0 spiro atoms. The van der Waals surface area contributed by atoms with Crippen molar-refractivity contribution in [1.82, 2.24) is 24.6 Å². The highest BCUT2D eigenvalue weighted by Gasteiger charge is 2.27. The number of nitrogens with zero attached hydrogens (tertiary/aromatic N) is 6. The van der Waals surface area contributed by atoms with Gasteiger partial charge in [-0.1, -0.05) is 30.3 Å². The molecular formula is C23H25N7O. The predicted molar refractivity (Wildman–Crippen MR) is 122 cm³/mol. The van der Waals surface area contributed by atoms with Gasteiger partial charge in [0.2, 0.25) is 5.91 Å². The van der Waals surface area contributed by atoms with E-state index < -0.39 is 0 Å². The Morgan fingerprint density at radius 1 is 1.03 bits per heavy atom. The molecule has 4 aromatic rings. The molecular weight excluding hydrogens is 390 g/mol. The predicted octanol–water partition coefficient (Wildman–Crippen LogP) is 2.67. The largest absolute Gasteiger partial charge is 0.353 e. The fourth-order valence-corrected chi connectivity index (χ4v) is 4.20. The number of carbonyl (C=O) groups excluding carboxylic acids is 1. The number of hydrogen-bond acceptors (Lipinski definition) is 6. The maximum atomic E-state index is 12.9. The molecule has 2 aromatic carbocycles. The fraction of sp³-hybridized carbons (Fsp3) is 0.304. The summed E-state index contributed by atoms with van der Waals surface area (Å²) in [5, 5.41) is 10.6. The van der Waals surface area contributed by atoms with Gasteiger partial charge in [-0.05, 0) is 29.8 Å². The van der Waals surface area contributed by atoms with Gasteiger partial charge in [-0.2, -0.15) is 5.10 Å². The van der Waals surface area contributed by atoms with E-state index in [1.807, 2.05) is 50.5 Å². The molecule has 8 heteroatoms. The number of carbonyl (C=O) groups is 1. The third kappa shape index (κ3) is 3.70. The summed E-state index contributed by atoms with van der Waals surface area (Å²) >= 11 is 0. The SMILES string of the molecule is CC(C(=O)Nc1ccc2ccccc2c1)N1CCN(c2ncnc3c2cnn3C)CC1. The highest BCUT2D eigenvalue weighted by Crippen LogP contribution is 2.24. The summed E-state index contributed by atoms with van der Waals surface area (Å²) in [5.74, 6) is 0.923. The van der Waals surface area contributed by atoms with E-state index in [1.165, 1.54) is 0 Å². The zero-order valence-electron chi connectivity index (χ0n) is 17.7. The number of benzene rings is 2. The molecule has 8 nitrogen and oxygen atoms in total. The molecule has 1 saturated heterocycles. The Morgan fingerprint density at radius 3 is 2.61 bits per heavy atom.